The van der Waals surface area contributed by atoms with Crippen LogP contribution in [0.4, 0.5) is 17.6 Å². The summed E-state index contributed by atoms with van der Waals surface area (Å²) >= 11 is 1.61. The van der Waals surface area contributed by atoms with Crippen molar-refractivity contribution in [1.82, 2.24) is 0 Å². The molecule has 1 atom stereocenters. The first-order chi connectivity index (χ1) is 21.4. The Morgan fingerprint density at radius 3 is 1.59 bits per heavy atom. The van der Waals surface area contributed by atoms with Gasteiger partial charge in [-0.3, -0.25) is 0 Å². The molecule has 0 N–H and O–H groups in total. The molecule has 0 radical (unpaired) electrons. The Balaban J connectivity index is 1.37. The molecule has 0 fully saturated rings. The lowest BCUT2D eigenvalue weighted by Gasteiger charge is -2.34. The molecule has 1 aliphatic carbocycles. The minimum Gasteiger partial charge on any atom is -0.207 e. The second-order valence-electron chi connectivity index (χ2n) is 11.0. The molecule has 0 aliphatic heterocycles. The Kier molecular flexibility index (Phi) is 7.35. The number of halogens is 4. The number of thioether (sulfide) groups is 1. The first-order valence-electron chi connectivity index (χ1n) is 14.3. The van der Waals surface area contributed by atoms with E-state index in [2.05, 4.69) is 30.3 Å². The summed E-state index contributed by atoms with van der Waals surface area (Å²) in [7, 11) is 0. The maximum absolute atomic E-state index is 14.2. The van der Waals surface area contributed by atoms with Crippen LogP contribution in [0.5, 0.6) is 0 Å². The van der Waals surface area contributed by atoms with E-state index in [1.807, 2.05) is 36.4 Å². The summed E-state index contributed by atoms with van der Waals surface area (Å²) in [4.78, 5) is 0.916. The van der Waals surface area contributed by atoms with Crippen molar-refractivity contribution >= 4 is 11.8 Å². The molecule has 0 saturated heterocycles. The maximum atomic E-state index is 14.2. The molecule has 0 nitrogen and oxygen atoms in total. The molecule has 0 aromatic heterocycles. The Hall–Kier alpha value is -4.61. The highest BCUT2D eigenvalue weighted by molar-refractivity contribution is 7.99. The van der Waals surface area contributed by atoms with E-state index in [9.17, 15) is 17.6 Å². The molecule has 0 heterocycles. The molecular formula is C39H26F4S. The number of fused-ring (bicyclic) bond motifs is 3. The maximum Gasteiger partial charge on any atom is 0.123 e. The monoisotopic (exact) mass is 602 g/mol. The van der Waals surface area contributed by atoms with Crippen molar-refractivity contribution in [1.29, 1.82) is 0 Å². The van der Waals surface area contributed by atoms with Crippen LogP contribution < -0.4 is 0 Å². The molecular weight excluding hydrogens is 576 g/mol. The molecule has 44 heavy (non-hydrogen) atoms. The standard InChI is InChI=1S/C39H26F4S/c40-29-12-6-26(7-13-29)38(44-33-20-18-32(43)19-21-33)24-25-5-22-37-35(23-25)34-3-1-2-4-36(34)39(37,27-8-14-30(41)15-9-27)28-10-16-31(42)17-11-28/h1-23,38H,24H2. The van der Waals surface area contributed by atoms with Gasteiger partial charge < -0.3 is 0 Å². The van der Waals surface area contributed by atoms with Crippen LogP contribution >= 0.6 is 11.8 Å². The number of benzene rings is 6. The van der Waals surface area contributed by atoms with E-state index in [1.54, 1.807) is 36.0 Å². The highest BCUT2D eigenvalue weighted by Gasteiger charge is 2.46. The highest BCUT2D eigenvalue weighted by atomic mass is 32.2. The molecule has 1 unspecified atom stereocenters. The zero-order chi connectivity index (χ0) is 30.3. The Labute approximate surface area is 258 Å². The minimum absolute atomic E-state index is 0.0605. The average molecular weight is 603 g/mol. The predicted octanol–water partition coefficient (Wildman–Crippen LogP) is 10.7. The van der Waals surface area contributed by atoms with Crippen molar-refractivity contribution in [3.63, 3.8) is 0 Å². The van der Waals surface area contributed by atoms with Crippen LogP contribution in [0.3, 0.4) is 0 Å². The zero-order valence-corrected chi connectivity index (χ0v) is 24.3. The number of hydrogen-bond donors (Lipinski definition) is 0. The van der Waals surface area contributed by atoms with Crippen LogP contribution in [0.1, 0.15) is 38.6 Å². The van der Waals surface area contributed by atoms with E-state index in [4.69, 9.17) is 0 Å². The van der Waals surface area contributed by atoms with Crippen molar-refractivity contribution in [3.05, 3.63) is 196 Å². The predicted molar refractivity (Wildman–Crippen MR) is 169 cm³/mol. The van der Waals surface area contributed by atoms with Crippen molar-refractivity contribution in [2.45, 2.75) is 22.0 Å². The normalized spacial score (nSPS) is 13.7. The second kappa shape index (κ2) is 11.5. The quantitative estimate of drug-likeness (QED) is 0.129. The van der Waals surface area contributed by atoms with Crippen LogP contribution in [-0.4, -0.2) is 0 Å². The molecule has 0 amide bonds. The average Bonchev–Trinajstić information content (AvgIpc) is 3.33. The van der Waals surface area contributed by atoms with E-state index >= 15 is 0 Å². The van der Waals surface area contributed by atoms with Gasteiger partial charge in [0, 0.05) is 10.1 Å². The lowest BCUT2D eigenvalue weighted by atomic mass is 9.67. The van der Waals surface area contributed by atoms with E-state index in [1.165, 1.54) is 48.5 Å². The largest absolute Gasteiger partial charge is 0.207 e. The Bertz CT molecular complexity index is 1880. The Morgan fingerprint density at radius 1 is 0.500 bits per heavy atom. The molecule has 6 aromatic rings. The molecule has 216 valence electrons. The van der Waals surface area contributed by atoms with Gasteiger partial charge in [0.2, 0.25) is 0 Å². The van der Waals surface area contributed by atoms with Gasteiger partial charge >= 0.3 is 0 Å². The summed E-state index contributed by atoms with van der Waals surface area (Å²) in [5, 5.41) is -0.0605. The van der Waals surface area contributed by atoms with Gasteiger partial charge in [0.25, 0.3) is 0 Å². The molecule has 0 bridgehead atoms. The minimum atomic E-state index is -0.773. The fourth-order valence-corrected chi connectivity index (χ4v) is 7.63. The molecule has 0 saturated carbocycles. The van der Waals surface area contributed by atoms with Crippen molar-refractivity contribution in [3.8, 4) is 11.1 Å². The number of rotatable bonds is 7. The van der Waals surface area contributed by atoms with E-state index < -0.39 is 5.41 Å². The van der Waals surface area contributed by atoms with E-state index in [0.717, 1.165) is 49.4 Å². The van der Waals surface area contributed by atoms with E-state index in [-0.39, 0.29) is 28.5 Å². The van der Waals surface area contributed by atoms with Gasteiger partial charge in [-0.1, -0.05) is 78.9 Å². The first-order valence-corrected chi connectivity index (χ1v) is 15.2. The zero-order valence-electron chi connectivity index (χ0n) is 23.5. The summed E-state index contributed by atoms with van der Waals surface area (Å²) in [6.45, 7) is 0. The van der Waals surface area contributed by atoms with Crippen molar-refractivity contribution < 1.29 is 17.6 Å². The third kappa shape index (κ3) is 5.01. The summed E-state index contributed by atoms with van der Waals surface area (Å²) in [5.74, 6) is -1.24. The van der Waals surface area contributed by atoms with Gasteiger partial charge in [-0.15, -0.1) is 11.8 Å². The van der Waals surface area contributed by atoms with Gasteiger partial charge in [0.1, 0.15) is 23.3 Å². The van der Waals surface area contributed by atoms with E-state index in [0.29, 0.717) is 6.42 Å². The molecule has 0 spiro atoms. The van der Waals surface area contributed by atoms with Gasteiger partial charge in [-0.25, -0.2) is 17.6 Å². The second-order valence-corrected chi connectivity index (χ2v) is 12.3. The molecule has 1 aliphatic rings. The summed E-state index contributed by atoms with van der Waals surface area (Å²) in [5.41, 5.74) is 7.24. The lowest BCUT2D eigenvalue weighted by molar-refractivity contribution is 0.622. The van der Waals surface area contributed by atoms with Crippen molar-refractivity contribution in [2.75, 3.05) is 0 Å². The third-order valence-electron chi connectivity index (χ3n) is 8.42. The van der Waals surface area contributed by atoms with Gasteiger partial charge in [-0.05, 0) is 112 Å². The summed E-state index contributed by atoms with van der Waals surface area (Å²) in [6.07, 6.45) is 0.642. The van der Waals surface area contributed by atoms with Crippen LogP contribution in [0.15, 0.2) is 144 Å². The fraction of sp³-hybridized carbons (Fsp3) is 0.0769. The highest BCUT2D eigenvalue weighted by Crippen LogP contribution is 2.56. The van der Waals surface area contributed by atoms with Gasteiger partial charge in [0.15, 0.2) is 0 Å². The van der Waals surface area contributed by atoms with Crippen LogP contribution in [0, 0.1) is 23.3 Å². The fourth-order valence-electron chi connectivity index (χ4n) is 6.44. The third-order valence-corrected chi connectivity index (χ3v) is 9.69. The van der Waals surface area contributed by atoms with Crippen LogP contribution in [-0.2, 0) is 11.8 Å². The molecule has 5 heteroatoms. The molecule has 6 aromatic carbocycles. The van der Waals surface area contributed by atoms with Crippen LogP contribution in [0.2, 0.25) is 0 Å². The smallest absolute Gasteiger partial charge is 0.123 e. The Morgan fingerprint density at radius 2 is 1.00 bits per heavy atom. The SMILES string of the molecule is Fc1ccc(SC(Cc2ccc3c(c2)-c2ccccc2C3(c2ccc(F)cc2)c2ccc(F)cc2)c2ccc(F)cc2)cc1. The van der Waals surface area contributed by atoms with Crippen LogP contribution in [0.25, 0.3) is 11.1 Å². The topological polar surface area (TPSA) is 0 Å². The summed E-state index contributed by atoms with van der Waals surface area (Å²) < 4.78 is 55.8. The van der Waals surface area contributed by atoms with Gasteiger partial charge in [-0.2, -0.15) is 0 Å². The molecule has 7 rings (SSSR count). The van der Waals surface area contributed by atoms with Crippen molar-refractivity contribution in [2.24, 2.45) is 0 Å². The van der Waals surface area contributed by atoms with Gasteiger partial charge in [0.05, 0.1) is 5.41 Å². The summed E-state index contributed by atoms with van der Waals surface area (Å²) in [6, 6.07) is 40.7. The first kappa shape index (κ1) is 28.2. The lowest BCUT2D eigenvalue weighted by Crippen LogP contribution is -2.28. The number of hydrogen-bond acceptors (Lipinski definition) is 1.